The van der Waals surface area contributed by atoms with Crippen LogP contribution in [0.2, 0.25) is 0 Å². The number of benzene rings is 1. The van der Waals surface area contributed by atoms with Gasteiger partial charge in [-0.15, -0.1) is 11.3 Å². The number of rotatable bonds is 2. The Morgan fingerprint density at radius 1 is 1.21 bits per heavy atom. The van der Waals surface area contributed by atoms with Crippen LogP contribution in [0.5, 0.6) is 0 Å². The molecular formula is C14H16F2N2S. The van der Waals surface area contributed by atoms with Crippen molar-refractivity contribution in [2.75, 3.05) is 0 Å². The van der Waals surface area contributed by atoms with Crippen LogP contribution in [0.1, 0.15) is 31.8 Å². The number of hydrogen-bond donors (Lipinski definition) is 1. The van der Waals surface area contributed by atoms with Crippen molar-refractivity contribution in [1.82, 2.24) is 4.98 Å². The zero-order valence-corrected chi connectivity index (χ0v) is 11.9. The number of nitrogens with two attached hydrogens (primary N) is 1. The number of nitrogens with zero attached hydrogens (tertiary/aromatic N) is 1. The second-order valence-electron chi connectivity index (χ2n) is 5.54. The van der Waals surface area contributed by atoms with Crippen LogP contribution >= 0.6 is 11.3 Å². The molecule has 0 saturated heterocycles. The van der Waals surface area contributed by atoms with Gasteiger partial charge >= 0.3 is 0 Å². The number of aromatic nitrogens is 1. The molecule has 0 saturated carbocycles. The molecule has 1 atom stereocenters. The second-order valence-corrected chi connectivity index (χ2v) is 6.43. The molecule has 0 amide bonds. The van der Waals surface area contributed by atoms with E-state index in [0.29, 0.717) is 11.3 Å². The summed E-state index contributed by atoms with van der Waals surface area (Å²) in [6, 6.07) is 3.58. The Balaban J connectivity index is 2.33. The highest BCUT2D eigenvalue weighted by Crippen LogP contribution is 2.34. The van der Waals surface area contributed by atoms with Gasteiger partial charge in [0.15, 0.2) is 11.6 Å². The van der Waals surface area contributed by atoms with E-state index in [1.807, 2.05) is 26.2 Å². The van der Waals surface area contributed by atoms with Gasteiger partial charge in [-0.2, -0.15) is 0 Å². The van der Waals surface area contributed by atoms with Crippen molar-refractivity contribution in [1.29, 1.82) is 0 Å². The molecule has 5 heteroatoms. The highest BCUT2D eigenvalue weighted by Gasteiger charge is 2.25. The molecule has 0 radical (unpaired) electrons. The minimum absolute atomic E-state index is 0.0941. The van der Waals surface area contributed by atoms with Crippen LogP contribution in [0.25, 0.3) is 11.3 Å². The van der Waals surface area contributed by atoms with E-state index in [1.165, 1.54) is 17.4 Å². The summed E-state index contributed by atoms with van der Waals surface area (Å²) in [6.45, 7) is 6.11. The molecule has 0 fully saturated rings. The quantitative estimate of drug-likeness (QED) is 0.899. The first-order valence-electron chi connectivity index (χ1n) is 5.95. The van der Waals surface area contributed by atoms with E-state index in [0.717, 1.165) is 17.1 Å². The normalized spacial score (nSPS) is 13.6. The van der Waals surface area contributed by atoms with Crippen LogP contribution in [-0.2, 0) is 0 Å². The molecule has 0 aliphatic rings. The molecule has 0 aliphatic carbocycles. The molecule has 0 spiro atoms. The van der Waals surface area contributed by atoms with E-state index < -0.39 is 11.6 Å². The molecule has 102 valence electrons. The summed E-state index contributed by atoms with van der Waals surface area (Å²) < 4.78 is 26.1. The minimum Gasteiger partial charge on any atom is -0.322 e. The topological polar surface area (TPSA) is 38.9 Å². The van der Waals surface area contributed by atoms with Crippen molar-refractivity contribution >= 4 is 11.3 Å². The van der Waals surface area contributed by atoms with Crippen LogP contribution in [0.4, 0.5) is 8.78 Å². The van der Waals surface area contributed by atoms with Crippen molar-refractivity contribution in [2.45, 2.75) is 26.8 Å². The van der Waals surface area contributed by atoms with Gasteiger partial charge in [0.1, 0.15) is 5.01 Å². The lowest BCUT2D eigenvalue weighted by atomic mass is 9.88. The van der Waals surface area contributed by atoms with Crippen LogP contribution in [0, 0.1) is 17.0 Å². The Morgan fingerprint density at radius 2 is 1.89 bits per heavy atom. The van der Waals surface area contributed by atoms with E-state index in [-0.39, 0.29) is 11.5 Å². The van der Waals surface area contributed by atoms with Gasteiger partial charge in [-0.3, -0.25) is 0 Å². The van der Waals surface area contributed by atoms with Gasteiger partial charge in [0.25, 0.3) is 0 Å². The third kappa shape index (κ3) is 2.98. The summed E-state index contributed by atoms with van der Waals surface area (Å²) in [5.74, 6) is -1.72. The zero-order valence-electron chi connectivity index (χ0n) is 11.1. The summed E-state index contributed by atoms with van der Waals surface area (Å²) in [7, 11) is 0. The molecule has 1 unspecified atom stereocenters. The predicted molar refractivity (Wildman–Crippen MR) is 73.8 cm³/mol. The molecule has 1 aromatic heterocycles. The summed E-state index contributed by atoms with van der Waals surface area (Å²) >= 11 is 1.44. The third-order valence-corrected chi connectivity index (χ3v) is 3.86. The maximum atomic E-state index is 13.2. The smallest absolute Gasteiger partial charge is 0.159 e. The molecule has 1 aromatic carbocycles. The van der Waals surface area contributed by atoms with Gasteiger partial charge in [-0.25, -0.2) is 13.8 Å². The third-order valence-electron chi connectivity index (χ3n) is 2.94. The highest BCUT2D eigenvalue weighted by molar-refractivity contribution is 7.10. The molecular weight excluding hydrogens is 266 g/mol. The number of thiazole rings is 1. The lowest BCUT2D eigenvalue weighted by Crippen LogP contribution is -2.26. The summed E-state index contributed by atoms with van der Waals surface area (Å²) in [4.78, 5) is 4.42. The minimum atomic E-state index is -0.868. The van der Waals surface area contributed by atoms with Gasteiger partial charge in [-0.05, 0) is 23.6 Å². The van der Waals surface area contributed by atoms with Gasteiger partial charge in [0.05, 0.1) is 11.7 Å². The van der Waals surface area contributed by atoms with Crippen molar-refractivity contribution < 1.29 is 8.78 Å². The van der Waals surface area contributed by atoms with Crippen molar-refractivity contribution in [3.05, 3.63) is 40.2 Å². The molecule has 19 heavy (non-hydrogen) atoms. The average molecular weight is 282 g/mol. The van der Waals surface area contributed by atoms with Crippen molar-refractivity contribution in [2.24, 2.45) is 11.1 Å². The molecule has 2 rings (SSSR count). The molecule has 0 aliphatic heterocycles. The van der Waals surface area contributed by atoms with Gasteiger partial charge in [0.2, 0.25) is 0 Å². The zero-order chi connectivity index (χ0) is 14.2. The second kappa shape index (κ2) is 4.98. The molecule has 2 N–H and O–H groups in total. The maximum absolute atomic E-state index is 13.2. The fourth-order valence-electron chi connectivity index (χ4n) is 1.59. The van der Waals surface area contributed by atoms with Gasteiger partial charge in [0, 0.05) is 10.9 Å². The Morgan fingerprint density at radius 3 is 2.47 bits per heavy atom. The average Bonchev–Trinajstić information content (AvgIpc) is 2.79. The molecule has 2 aromatic rings. The summed E-state index contributed by atoms with van der Waals surface area (Å²) in [6.07, 6.45) is 0. The van der Waals surface area contributed by atoms with Gasteiger partial charge in [-0.1, -0.05) is 20.8 Å². The monoisotopic (exact) mass is 282 g/mol. The Hall–Kier alpha value is -1.33. The molecule has 2 nitrogen and oxygen atoms in total. The lowest BCUT2D eigenvalue weighted by Gasteiger charge is -2.24. The summed E-state index contributed by atoms with van der Waals surface area (Å²) in [5, 5.41) is 2.61. The highest BCUT2D eigenvalue weighted by atomic mass is 32.1. The molecule has 0 bridgehead atoms. The largest absolute Gasteiger partial charge is 0.322 e. The first kappa shape index (κ1) is 14.1. The number of hydrogen-bond acceptors (Lipinski definition) is 3. The predicted octanol–water partition coefficient (Wildman–Crippen LogP) is 4.13. The first-order valence-corrected chi connectivity index (χ1v) is 6.83. The molecule has 1 heterocycles. The van der Waals surface area contributed by atoms with E-state index >= 15 is 0 Å². The fraction of sp³-hybridized carbons (Fsp3) is 0.357. The van der Waals surface area contributed by atoms with E-state index in [1.54, 1.807) is 0 Å². The van der Waals surface area contributed by atoms with Crippen LogP contribution in [0.3, 0.4) is 0 Å². The first-order chi connectivity index (χ1) is 8.79. The standard InChI is InChI=1S/C14H16F2N2S/c1-14(2,3)12(17)13-18-11(7-19-13)8-4-5-9(15)10(16)6-8/h4-7,12H,17H2,1-3H3. The van der Waals surface area contributed by atoms with E-state index in [9.17, 15) is 8.78 Å². The summed E-state index contributed by atoms with van der Waals surface area (Å²) in [5.41, 5.74) is 7.22. The van der Waals surface area contributed by atoms with Crippen LogP contribution in [0.15, 0.2) is 23.6 Å². The maximum Gasteiger partial charge on any atom is 0.159 e. The van der Waals surface area contributed by atoms with E-state index in [4.69, 9.17) is 5.73 Å². The van der Waals surface area contributed by atoms with Crippen LogP contribution < -0.4 is 5.73 Å². The Kier molecular flexibility index (Phi) is 3.69. The lowest BCUT2D eigenvalue weighted by molar-refractivity contribution is 0.326. The Bertz CT molecular complexity index is 587. The SMILES string of the molecule is CC(C)(C)C(N)c1nc(-c2ccc(F)c(F)c2)cs1. The number of halogens is 2. The van der Waals surface area contributed by atoms with Crippen LogP contribution in [-0.4, -0.2) is 4.98 Å². The van der Waals surface area contributed by atoms with Crippen molar-refractivity contribution in [3.8, 4) is 11.3 Å². The Labute approximate surface area is 115 Å². The van der Waals surface area contributed by atoms with Crippen molar-refractivity contribution in [3.63, 3.8) is 0 Å². The fourth-order valence-corrected chi connectivity index (χ4v) is 2.66. The van der Waals surface area contributed by atoms with Gasteiger partial charge < -0.3 is 5.73 Å². The van der Waals surface area contributed by atoms with E-state index in [2.05, 4.69) is 4.98 Å².